The van der Waals surface area contributed by atoms with Crippen LogP contribution in [0.4, 0.5) is 0 Å². The molecule has 0 spiro atoms. The lowest BCUT2D eigenvalue weighted by Crippen LogP contribution is -2.12. The van der Waals surface area contributed by atoms with Crippen LogP contribution in [0.1, 0.15) is 12.6 Å². The lowest BCUT2D eigenvalue weighted by atomic mass is 10.3. The number of hydrogen-bond acceptors (Lipinski definition) is 3. The zero-order valence-electron chi connectivity index (χ0n) is 7.67. The number of ether oxygens (including phenoxy) is 1. The van der Waals surface area contributed by atoms with E-state index in [-0.39, 0.29) is 17.8 Å². The molecule has 1 aromatic rings. The molecule has 0 atom stereocenters. The minimum Gasteiger partial charge on any atom is -0.466 e. The van der Waals surface area contributed by atoms with Crippen LogP contribution in [0.15, 0.2) is 21.5 Å². The van der Waals surface area contributed by atoms with Gasteiger partial charge in [-0.1, -0.05) is 0 Å². The Labute approximate surface area is 89.4 Å². The molecule has 0 saturated heterocycles. The zero-order chi connectivity index (χ0) is 10.6. The van der Waals surface area contributed by atoms with Gasteiger partial charge in [0.25, 0.3) is 0 Å². The molecule has 1 N–H and O–H groups in total. The molecule has 0 aliphatic carbocycles. The fourth-order valence-electron chi connectivity index (χ4n) is 0.988. The van der Waals surface area contributed by atoms with Gasteiger partial charge in [-0.15, -0.1) is 0 Å². The largest absolute Gasteiger partial charge is 0.466 e. The van der Waals surface area contributed by atoms with Crippen molar-refractivity contribution < 1.29 is 9.53 Å². The number of aromatic amines is 1. The Hall–Kier alpha value is -1.10. The van der Waals surface area contributed by atoms with Gasteiger partial charge in [0.15, 0.2) is 5.43 Å². The number of carbonyl (C=O) groups excluding carboxylic acids is 1. The Morgan fingerprint density at radius 2 is 2.36 bits per heavy atom. The summed E-state index contributed by atoms with van der Waals surface area (Å²) in [5.74, 6) is -0.352. The summed E-state index contributed by atoms with van der Waals surface area (Å²) in [6.45, 7) is 2.08. The zero-order valence-corrected chi connectivity index (χ0v) is 9.26. The first-order chi connectivity index (χ1) is 6.65. The van der Waals surface area contributed by atoms with Crippen molar-refractivity contribution in [3.05, 3.63) is 32.7 Å². The highest BCUT2D eigenvalue weighted by molar-refractivity contribution is 9.10. The molecule has 14 heavy (non-hydrogen) atoms. The number of nitrogens with one attached hydrogen (secondary N) is 1. The summed E-state index contributed by atoms with van der Waals surface area (Å²) in [5, 5.41) is 0. The summed E-state index contributed by atoms with van der Waals surface area (Å²) < 4.78 is 5.14. The molecule has 0 amide bonds. The van der Waals surface area contributed by atoms with E-state index in [0.29, 0.717) is 16.8 Å². The van der Waals surface area contributed by atoms with Gasteiger partial charge in [0, 0.05) is 18.0 Å². The quantitative estimate of drug-likeness (QED) is 0.832. The van der Waals surface area contributed by atoms with Gasteiger partial charge in [-0.3, -0.25) is 9.59 Å². The van der Waals surface area contributed by atoms with Crippen molar-refractivity contribution in [1.29, 1.82) is 0 Å². The molecule has 0 aliphatic heterocycles. The number of H-pyrrole nitrogens is 1. The Bertz CT molecular complexity index is 386. The van der Waals surface area contributed by atoms with Gasteiger partial charge in [0.2, 0.25) is 0 Å². The smallest absolute Gasteiger partial charge is 0.311 e. The highest BCUT2D eigenvalue weighted by atomic mass is 79.9. The third-order valence-corrected chi connectivity index (χ3v) is 2.47. The molecule has 0 fully saturated rings. The number of halogens is 1. The molecule has 1 rings (SSSR count). The van der Waals surface area contributed by atoms with Crippen LogP contribution in [0.25, 0.3) is 0 Å². The van der Waals surface area contributed by atoms with Crippen LogP contribution >= 0.6 is 15.9 Å². The maximum atomic E-state index is 11.2. The molecule has 0 bridgehead atoms. The summed E-state index contributed by atoms with van der Waals surface area (Å²) >= 11 is 3.11. The number of rotatable bonds is 3. The number of hydrogen-bond donors (Lipinski definition) is 1. The van der Waals surface area contributed by atoms with E-state index in [4.69, 9.17) is 4.74 Å². The molecular formula is C9H10BrNO3. The molecule has 4 nitrogen and oxygen atoms in total. The van der Waals surface area contributed by atoms with E-state index in [2.05, 4.69) is 20.9 Å². The molecule has 76 valence electrons. The van der Waals surface area contributed by atoms with Gasteiger partial charge in [-0.05, 0) is 22.9 Å². The third-order valence-electron chi connectivity index (χ3n) is 1.60. The van der Waals surface area contributed by atoms with Gasteiger partial charge in [-0.25, -0.2) is 0 Å². The van der Waals surface area contributed by atoms with E-state index < -0.39 is 0 Å². The maximum Gasteiger partial charge on any atom is 0.311 e. The average molecular weight is 260 g/mol. The van der Waals surface area contributed by atoms with Crippen molar-refractivity contribution in [2.75, 3.05) is 6.61 Å². The maximum absolute atomic E-state index is 11.2. The standard InChI is InChI=1S/C9H10BrNO3/c1-2-14-8(13)5-6-9(10)7(12)3-4-11-6/h3-4H,2,5H2,1H3,(H,11,12). The summed E-state index contributed by atoms with van der Waals surface area (Å²) in [7, 11) is 0. The van der Waals surface area contributed by atoms with Crippen molar-refractivity contribution in [2.45, 2.75) is 13.3 Å². The summed E-state index contributed by atoms with van der Waals surface area (Å²) in [6.07, 6.45) is 1.58. The first kappa shape index (κ1) is 11.0. The number of carbonyl (C=O) groups is 1. The van der Waals surface area contributed by atoms with Crippen molar-refractivity contribution in [3.63, 3.8) is 0 Å². The highest BCUT2D eigenvalue weighted by Crippen LogP contribution is 2.09. The second-order valence-electron chi connectivity index (χ2n) is 2.62. The van der Waals surface area contributed by atoms with Crippen molar-refractivity contribution >= 4 is 21.9 Å². The van der Waals surface area contributed by atoms with Crippen LogP contribution in [0.3, 0.4) is 0 Å². The molecule has 5 heteroatoms. The van der Waals surface area contributed by atoms with Gasteiger partial charge in [0.1, 0.15) is 0 Å². The molecule has 0 aromatic carbocycles. The van der Waals surface area contributed by atoms with Gasteiger partial charge >= 0.3 is 5.97 Å². The summed E-state index contributed by atoms with van der Waals surface area (Å²) in [4.78, 5) is 25.1. The van der Waals surface area contributed by atoms with Crippen molar-refractivity contribution in [2.24, 2.45) is 0 Å². The fourth-order valence-corrected chi connectivity index (χ4v) is 1.37. The van der Waals surface area contributed by atoms with Crippen molar-refractivity contribution in [1.82, 2.24) is 4.98 Å². The normalized spacial score (nSPS) is 9.86. The molecule has 0 saturated carbocycles. The topological polar surface area (TPSA) is 59.2 Å². The first-order valence-electron chi connectivity index (χ1n) is 4.16. The Morgan fingerprint density at radius 1 is 1.64 bits per heavy atom. The Balaban J connectivity index is 2.82. The van der Waals surface area contributed by atoms with E-state index in [1.54, 1.807) is 6.92 Å². The lowest BCUT2D eigenvalue weighted by Gasteiger charge is -2.03. The lowest BCUT2D eigenvalue weighted by molar-refractivity contribution is -0.142. The minimum absolute atomic E-state index is 0.0739. The number of aromatic nitrogens is 1. The molecule has 0 radical (unpaired) electrons. The monoisotopic (exact) mass is 259 g/mol. The summed E-state index contributed by atoms with van der Waals surface area (Å²) in [6, 6.07) is 1.39. The fraction of sp³-hybridized carbons (Fsp3) is 0.333. The SMILES string of the molecule is CCOC(=O)Cc1[nH]ccc(=O)c1Br. The third kappa shape index (κ3) is 2.70. The number of esters is 1. The Morgan fingerprint density at radius 3 is 3.00 bits per heavy atom. The second kappa shape index (κ2) is 4.95. The van der Waals surface area contributed by atoms with Crippen LogP contribution < -0.4 is 5.43 Å². The van der Waals surface area contributed by atoms with E-state index in [1.165, 1.54) is 12.3 Å². The van der Waals surface area contributed by atoms with Crippen LogP contribution in [-0.4, -0.2) is 17.6 Å². The van der Waals surface area contributed by atoms with E-state index >= 15 is 0 Å². The average Bonchev–Trinajstić information content (AvgIpc) is 2.13. The predicted octanol–water partition coefficient (Wildman–Crippen LogP) is 1.24. The molecule has 1 heterocycles. The molecule has 0 aliphatic rings. The van der Waals surface area contributed by atoms with Crippen LogP contribution in [0.5, 0.6) is 0 Å². The molecular weight excluding hydrogens is 250 g/mol. The van der Waals surface area contributed by atoms with E-state index in [0.717, 1.165) is 0 Å². The second-order valence-corrected chi connectivity index (χ2v) is 3.41. The van der Waals surface area contributed by atoms with Crippen LogP contribution in [-0.2, 0) is 16.0 Å². The molecule has 0 unspecified atom stereocenters. The van der Waals surface area contributed by atoms with Gasteiger partial charge in [0.05, 0.1) is 17.5 Å². The Kier molecular flexibility index (Phi) is 3.88. The number of pyridine rings is 1. The van der Waals surface area contributed by atoms with Crippen LogP contribution in [0.2, 0.25) is 0 Å². The van der Waals surface area contributed by atoms with Gasteiger partial charge < -0.3 is 9.72 Å². The van der Waals surface area contributed by atoms with Crippen LogP contribution in [0, 0.1) is 0 Å². The molecule has 1 aromatic heterocycles. The summed E-state index contributed by atoms with van der Waals surface area (Å²) in [5.41, 5.74) is 0.388. The minimum atomic E-state index is -0.352. The first-order valence-corrected chi connectivity index (χ1v) is 4.96. The van der Waals surface area contributed by atoms with E-state index in [1.807, 2.05) is 0 Å². The predicted molar refractivity (Wildman–Crippen MR) is 55.1 cm³/mol. The van der Waals surface area contributed by atoms with Gasteiger partial charge in [-0.2, -0.15) is 0 Å². The van der Waals surface area contributed by atoms with Crippen molar-refractivity contribution in [3.8, 4) is 0 Å². The van der Waals surface area contributed by atoms with E-state index in [9.17, 15) is 9.59 Å². The highest BCUT2D eigenvalue weighted by Gasteiger charge is 2.09.